The van der Waals surface area contributed by atoms with E-state index in [9.17, 15) is 26.7 Å². The lowest BCUT2D eigenvalue weighted by Crippen LogP contribution is -2.20. The Morgan fingerprint density at radius 3 is 2.05 bits per heavy atom. The summed E-state index contributed by atoms with van der Waals surface area (Å²) in [5.74, 6) is -12.6. The Morgan fingerprint density at radius 1 is 1.05 bits per heavy atom. The number of nitrogens with one attached hydrogen (secondary N) is 1. The van der Waals surface area contributed by atoms with Crippen molar-refractivity contribution in [2.75, 3.05) is 5.32 Å². The Balaban J connectivity index is 2.46. The number of nitrogens with zero attached hydrogens (tertiary/aromatic N) is 1. The molecule has 1 amide bonds. The maximum absolute atomic E-state index is 13.5. The second kappa shape index (κ2) is 6.15. The molecule has 2 aromatic rings. The van der Waals surface area contributed by atoms with Gasteiger partial charge in [-0.3, -0.25) is 4.79 Å². The Bertz CT molecular complexity index is 753. The van der Waals surface area contributed by atoms with E-state index in [0.29, 0.717) is 5.56 Å². The summed E-state index contributed by atoms with van der Waals surface area (Å²) in [6, 6.07) is 1.61. The summed E-state index contributed by atoms with van der Waals surface area (Å²) < 4.78 is 66.9. The molecule has 0 aliphatic heterocycles. The van der Waals surface area contributed by atoms with Crippen LogP contribution in [0, 0.1) is 39.6 Å². The monoisotopic (exact) mass is 428 g/mol. The number of aryl methyl sites for hydroxylation is 1. The molecule has 0 spiro atoms. The van der Waals surface area contributed by atoms with Crippen LogP contribution in [-0.2, 0) is 0 Å². The molecule has 22 heavy (non-hydrogen) atoms. The van der Waals surface area contributed by atoms with Crippen LogP contribution in [-0.4, -0.2) is 10.9 Å². The smallest absolute Gasteiger partial charge is 0.263 e. The minimum absolute atomic E-state index is 0.0469. The Labute approximate surface area is 134 Å². The van der Waals surface area contributed by atoms with Crippen LogP contribution in [0.3, 0.4) is 0 Å². The molecule has 0 radical (unpaired) electrons. The first-order valence-corrected chi connectivity index (χ1v) is 6.76. The number of pyridine rings is 1. The first-order valence-electron chi connectivity index (χ1n) is 5.69. The van der Waals surface area contributed by atoms with Crippen LogP contribution in [0.1, 0.15) is 15.9 Å². The number of hydrogen-bond acceptors (Lipinski definition) is 2. The van der Waals surface area contributed by atoms with Crippen LogP contribution in [0.25, 0.3) is 0 Å². The van der Waals surface area contributed by atoms with Crippen molar-refractivity contribution in [2.45, 2.75) is 6.92 Å². The van der Waals surface area contributed by atoms with E-state index in [1.165, 1.54) is 6.20 Å². The topological polar surface area (TPSA) is 42.0 Å². The lowest BCUT2D eigenvalue weighted by molar-refractivity contribution is 0.101. The highest BCUT2D eigenvalue weighted by Crippen LogP contribution is 2.24. The summed E-state index contributed by atoms with van der Waals surface area (Å²) in [7, 11) is 0. The molecule has 9 heteroatoms. The van der Waals surface area contributed by atoms with Crippen molar-refractivity contribution in [1.82, 2.24) is 4.98 Å². The highest BCUT2D eigenvalue weighted by Gasteiger charge is 2.30. The number of halogens is 6. The summed E-state index contributed by atoms with van der Waals surface area (Å²) in [5.41, 5.74) is -1.10. The third kappa shape index (κ3) is 2.89. The average molecular weight is 428 g/mol. The predicted molar refractivity (Wildman–Crippen MR) is 75.9 cm³/mol. The van der Waals surface area contributed by atoms with Gasteiger partial charge in [-0.25, -0.2) is 26.9 Å². The quantitative estimate of drug-likeness (QED) is 0.341. The molecule has 1 N–H and O–H groups in total. The van der Waals surface area contributed by atoms with E-state index in [-0.39, 0.29) is 5.82 Å². The van der Waals surface area contributed by atoms with E-state index in [1.54, 1.807) is 13.0 Å². The molecule has 0 unspecified atom stereocenters. The van der Waals surface area contributed by atoms with Crippen LogP contribution >= 0.6 is 22.6 Å². The van der Waals surface area contributed by atoms with Crippen molar-refractivity contribution in [3.63, 3.8) is 0 Å². The molecular formula is C13H6F5IN2O. The molecule has 0 saturated carbocycles. The first kappa shape index (κ1) is 16.6. The van der Waals surface area contributed by atoms with E-state index in [1.807, 2.05) is 27.9 Å². The van der Waals surface area contributed by atoms with Gasteiger partial charge in [0, 0.05) is 9.77 Å². The van der Waals surface area contributed by atoms with Crippen LogP contribution in [0.5, 0.6) is 0 Å². The number of amides is 1. The lowest BCUT2D eigenvalue weighted by Gasteiger charge is -2.10. The molecule has 3 nitrogen and oxygen atoms in total. The fraction of sp³-hybridized carbons (Fsp3) is 0.0769. The molecule has 0 bridgehead atoms. The Hall–Kier alpha value is -1.78. The fourth-order valence-electron chi connectivity index (χ4n) is 1.65. The van der Waals surface area contributed by atoms with Gasteiger partial charge in [0.15, 0.2) is 23.3 Å². The van der Waals surface area contributed by atoms with Gasteiger partial charge in [-0.2, -0.15) is 0 Å². The van der Waals surface area contributed by atoms with Gasteiger partial charge in [0.1, 0.15) is 11.4 Å². The number of carbonyl (C=O) groups excluding carboxylic acids is 1. The van der Waals surface area contributed by atoms with E-state index >= 15 is 0 Å². The van der Waals surface area contributed by atoms with Gasteiger partial charge in [-0.05, 0) is 41.1 Å². The minimum atomic E-state index is -2.32. The molecule has 1 heterocycles. The molecule has 1 aromatic heterocycles. The molecular weight excluding hydrogens is 422 g/mol. The standard InChI is InChI=1S/C13H6F5IN2O/c1-4-2-5(19)3-20-12(4)21-13(22)6-7(14)9(16)11(18)10(17)8(6)15/h2-3H,1H3,(H,20,21,22). The zero-order valence-corrected chi connectivity index (χ0v) is 12.9. The van der Waals surface area contributed by atoms with Gasteiger partial charge in [-0.1, -0.05) is 0 Å². The highest BCUT2D eigenvalue weighted by atomic mass is 127. The summed E-state index contributed by atoms with van der Waals surface area (Å²) >= 11 is 1.95. The van der Waals surface area contributed by atoms with Crippen molar-refractivity contribution in [3.8, 4) is 0 Å². The molecule has 0 atom stereocenters. The highest BCUT2D eigenvalue weighted by molar-refractivity contribution is 14.1. The molecule has 0 fully saturated rings. The molecule has 0 aliphatic rings. The van der Waals surface area contributed by atoms with Gasteiger partial charge in [0.2, 0.25) is 5.82 Å². The third-order valence-corrected chi connectivity index (χ3v) is 3.30. The Kier molecular flexibility index (Phi) is 4.63. The molecule has 1 aromatic carbocycles. The number of hydrogen-bond donors (Lipinski definition) is 1. The normalized spacial score (nSPS) is 10.7. The average Bonchev–Trinajstić information content (AvgIpc) is 2.46. The Morgan fingerprint density at radius 2 is 1.55 bits per heavy atom. The summed E-state index contributed by atoms with van der Waals surface area (Å²) in [6.07, 6.45) is 1.36. The van der Waals surface area contributed by atoms with Crippen molar-refractivity contribution in [3.05, 3.63) is 56.0 Å². The molecule has 2 rings (SSSR count). The van der Waals surface area contributed by atoms with Gasteiger partial charge in [0.25, 0.3) is 5.91 Å². The summed E-state index contributed by atoms with van der Waals surface area (Å²) in [4.78, 5) is 15.6. The molecule has 0 aliphatic carbocycles. The van der Waals surface area contributed by atoms with Crippen LogP contribution in [0.2, 0.25) is 0 Å². The largest absolute Gasteiger partial charge is 0.306 e. The fourth-order valence-corrected chi connectivity index (χ4v) is 2.25. The van der Waals surface area contributed by atoms with Crippen molar-refractivity contribution in [2.24, 2.45) is 0 Å². The van der Waals surface area contributed by atoms with E-state index in [4.69, 9.17) is 0 Å². The summed E-state index contributed by atoms with van der Waals surface area (Å²) in [6.45, 7) is 1.56. The predicted octanol–water partition coefficient (Wildman–Crippen LogP) is 3.94. The van der Waals surface area contributed by atoms with Crippen molar-refractivity contribution in [1.29, 1.82) is 0 Å². The lowest BCUT2D eigenvalue weighted by atomic mass is 10.1. The van der Waals surface area contributed by atoms with Crippen LogP contribution in [0.4, 0.5) is 27.8 Å². The number of benzene rings is 1. The van der Waals surface area contributed by atoms with Crippen LogP contribution < -0.4 is 5.32 Å². The van der Waals surface area contributed by atoms with E-state index in [0.717, 1.165) is 3.57 Å². The van der Waals surface area contributed by atoms with Crippen LogP contribution in [0.15, 0.2) is 12.3 Å². The van der Waals surface area contributed by atoms with Gasteiger partial charge < -0.3 is 5.32 Å². The molecule has 0 saturated heterocycles. The summed E-state index contributed by atoms with van der Waals surface area (Å²) in [5, 5.41) is 2.02. The second-order valence-corrected chi connectivity index (χ2v) is 5.46. The first-order chi connectivity index (χ1) is 10.2. The maximum atomic E-state index is 13.5. The maximum Gasteiger partial charge on any atom is 0.263 e. The van der Waals surface area contributed by atoms with Gasteiger partial charge >= 0.3 is 0 Å². The SMILES string of the molecule is Cc1cc(I)cnc1NC(=O)c1c(F)c(F)c(F)c(F)c1F. The third-order valence-electron chi connectivity index (χ3n) is 2.71. The van der Waals surface area contributed by atoms with Gasteiger partial charge in [-0.15, -0.1) is 0 Å². The second-order valence-electron chi connectivity index (χ2n) is 4.22. The van der Waals surface area contributed by atoms with Gasteiger partial charge in [0.05, 0.1) is 0 Å². The van der Waals surface area contributed by atoms with Crippen molar-refractivity contribution >= 4 is 34.3 Å². The minimum Gasteiger partial charge on any atom is -0.306 e. The zero-order chi connectivity index (χ0) is 16.6. The molecule has 116 valence electrons. The number of aromatic nitrogens is 1. The number of carbonyl (C=O) groups is 1. The van der Waals surface area contributed by atoms with Crippen molar-refractivity contribution < 1.29 is 26.7 Å². The number of rotatable bonds is 2. The zero-order valence-electron chi connectivity index (χ0n) is 10.8. The number of anilines is 1. The van der Waals surface area contributed by atoms with E-state index in [2.05, 4.69) is 4.98 Å². The van der Waals surface area contributed by atoms with E-state index < -0.39 is 40.6 Å².